The summed E-state index contributed by atoms with van der Waals surface area (Å²) < 4.78 is 22.5. The van der Waals surface area contributed by atoms with E-state index in [0.29, 0.717) is 23.6 Å². The highest BCUT2D eigenvalue weighted by atomic mass is 35.5. The molecule has 0 spiro atoms. The molecule has 2 N–H and O–H groups in total. The topological polar surface area (TPSA) is 75.3 Å². The standard InChI is InChI=1S/C16H24N2O3S.ClH/c1-22(20,21)12-14-4-6-15(7-5-14)16(19)18-10-8-13-3-2-9-17-11-13;/h4-7,13,17H,2-3,8-12H2,1H3,(H,18,19);1H. The molecule has 7 heteroatoms. The number of rotatable bonds is 6. The van der Waals surface area contributed by atoms with Crippen molar-refractivity contribution in [2.24, 2.45) is 5.92 Å². The quantitative estimate of drug-likeness (QED) is 0.810. The Hall–Kier alpha value is -1.11. The van der Waals surface area contributed by atoms with Crippen molar-refractivity contribution in [1.82, 2.24) is 10.6 Å². The van der Waals surface area contributed by atoms with Crippen LogP contribution in [0.25, 0.3) is 0 Å². The SMILES string of the molecule is CS(=O)(=O)Cc1ccc(C(=O)NCCC2CCCNC2)cc1.Cl. The second kappa shape index (κ2) is 9.25. The molecule has 1 heterocycles. The average molecular weight is 361 g/mol. The first-order chi connectivity index (χ1) is 10.4. The summed E-state index contributed by atoms with van der Waals surface area (Å²) in [6, 6.07) is 6.75. The van der Waals surface area contributed by atoms with Crippen molar-refractivity contribution in [3.05, 3.63) is 35.4 Å². The van der Waals surface area contributed by atoms with Crippen LogP contribution in [0.5, 0.6) is 0 Å². The molecule has 1 aliphatic rings. The number of hydrogen-bond donors (Lipinski definition) is 2. The van der Waals surface area contributed by atoms with E-state index in [1.807, 2.05) is 0 Å². The molecular formula is C16H25ClN2O3S. The molecule has 23 heavy (non-hydrogen) atoms. The van der Waals surface area contributed by atoms with Gasteiger partial charge in [-0.05, 0) is 56.0 Å². The van der Waals surface area contributed by atoms with Gasteiger partial charge < -0.3 is 10.6 Å². The molecule has 1 amide bonds. The minimum atomic E-state index is -3.04. The average Bonchev–Trinajstić information content (AvgIpc) is 2.47. The lowest BCUT2D eigenvalue weighted by Crippen LogP contribution is -2.33. The molecule has 0 bridgehead atoms. The Labute approximate surface area is 144 Å². The van der Waals surface area contributed by atoms with Gasteiger partial charge in [-0.25, -0.2) is 8.42 Å². The molecule has 0 saturated carbocycles. The summed E-state index contributed by atoms with van der Waals surface area (Å²) in [6.07, 6.45) is 4.63. The van der Waals surface area contributed by atoms with Crippen LogP contribution >= 0.6 is 12.4 Å². The van der Waals surface area contributed by atoms with Crippen molar-refractivity contribution in [3.8, 4) is 0 Å². The molecule has 0 aromatic heterocycles. The summed E-state index contributed by atoms with van der Waals surface area (Å²) in [5, 5.41) is 6.30. The van der Waals surface area contributed by atoms with Crippen molar-refractivity contribution in [2.75, 3.05) is 25.9 Å². The van der Waals surface area contributed by atoms with Crippen LogP contribution in [0.3, 0.4) is 0 Å². The summed E-state index contributed by atoms with van der Waals surface area (Å²) >= 11 is 0. The Bertz CT molecular complexity index is 596. The zero-order chi connectivity index (χ0) is 16.0. The van der Waals surface area contributed by atoms with Crippen LogP contribution < -0.4 is 10.6 Å². The fourth-order valence-electron chi connectivity index (χ4n) is 2.72. The fraction of sp³-hybridized carbons (Fsp3) is 0.562. The lowest BCUT2D eigenvalue weighted by molar-refractivity contribution is 0.0950. The van der Waals surface area contributed by atoms with Gasteiger partial charge in [-0.1, -0.05) is 12.1 Å². The van der Waals surface area contributed by atoms with E-state index >= 15 is 0 Å². The first kappa shape index (κ1) is 19.9. The third-order valence-corrected chi connectivity index (χ3v) is 4.74. The highest BCUT2D eigenvalue weighted by molar-refractivity contribution is 7.89. The predicted molar refractivity (Wildman–Crippen MR) is 94.8 cm³/mol. The van der Waals surface area contributed by atoms with Crippen molar-refractivity contribution in [1.29, 1.82) is 0 Å². The van der Waals surface area contributed by atoms with Crippen molar-refractivity contribution in [3.63, 3.8) is 0 Å². The fourth-order valence-corrected chi connectivity index (χ4v) is 3.52. The van der Waals surface area contributed by atoms with Gasteiger partial charge in [0.25, 0.3) is 5.91 Å². The lowest BCUT2D eigenvalue weighted by atomic mass is 9.96. The number of benzene rings is 1. The Kier molecular flexibility index (Phi) is 8.02. The van der Waals surface area contributed by atoms with Crippen LogP contribution in [0.15, 0.2) is 24.3 Å². The minimum Gasteiger partial charge on any atom is -0.352 e. The highest BCUT2D eigenvalue weighted by Gasteiger charge is 2.13. The van der Waals surface area contributed by atoms with E-state index in [-0.39, 0.29) is 24.1 Å². The molecule has 1 saturated heterocycles. The Morgan fingerprint density at radius 2 is 2.00 bits per heavy atom. The van der Waals surface area contributed by atoms with Crippen molar-refractivity contribution < 1.29 is 13.2 Å². The molecule has 1 unspecified atom stereocenters. The Morgan fingerprint density at radius 1 is 1.30 bits per heavy atom. The normalized spacial score (nSPS) is 18.0. The van der Waals surface area contributed by atoms with Gasteiger partial charge >= 0.3 is 0 Å². The molecule has 1 aliphatic heterocycles. The molecule has 1 aromatic carbocycles. The molecule has 1 aromatic rings. The lowest BCUT2D eigenvalue weighted by Gasteiger charge is -2.22. The monoisotopic (exact) mass is 360 g/mol. The second-order valence-corrected chi connectivity index (χ2v) is 8.16. The van der Waals surface area contributed by atoms with E-state index in [2.05, 4.69) is 10.6 Å². The number of carbonyl (C=O) groups excluding carboxylic acids is 1. The first-order valence-electron chi connectivity index (χ1n) is 7.69. The summed E-state index contributed by atoms with van der Waals surface area (Å²) in [4.78, 5) is 12.0. The van der Waals surface area contributed by atoms with Crippen LogP contribution in [0, 0.1) is 5.92 Å². The molecule has 5 nitrogen and oxygen atoms in total. The van der Waals surface area contributed by atoms with E-state index in [0.717, 1.165) is 19.5 Å². The van der Waals surface area contributed by atoms with E-state index in [9.17, 15) is 13.2 Å². The van der Waals surface area contributed by atoms with Gasteiger partial charge in [0.2, 0.25) is 0 Å². The Morgan fingerprint density at radius 3 is 2.57 bits per heavy atom. The van der Waals surface area contributed by atoms with Gasteiger partial charge in [0.15, 0.2) is 9.84 Å². The third-order valence-electron chi connectivity index (χ3n) is 3.88. The molecule has 1 atom stereocenters. The number of halogens is 1. The van der Waals surface area contributed by atoms with Crippen molar-refractivity contribution >= 4 is 28.2 Å². The molecule has 130 valence electrons. The number of sulfone groups is 1. The zero-order valence-corrected chi connectivity index (χ0v) is 15.0. The van der Waals surface area contributed by atoms with Crippen molar-refractivity contribution in [2.45, 2.75) is 25.0 Å². The van der Waals surface area contributed by atoms with Gasteiger partial charge in [-0.2, -0.15) is 0 Å². The predicted octanol–water partition coefficient (Wildman–Crippen LogP) is 1.77. The largest absolute Gasteiger partial charge is 0.352 e. The minimum absolute atomic E-state index is 0. The summed E-state index contributed by atoms with van der Waals surface area (Å²) in [6.45, 7) is 2.81. The number of piperidine rings is 1. The number of nitrogens with one attached hydrogen (secondary N) is 2. The van der Waals surface area contributed by atoms with Crippen LogP contribution in [-0.2, 0) is 15.6 Å². The number of carbonyl (C=O) groups is 1. The third kappa shape index (κ3) is 7.33. The smallest absolute Gasteiger partial charge is 0.251 e. The maximum Gasteiger partial charge on any atom is 0.251 e. The summed E-state index contributed by atoms with van der Waals surface area (Å²) in [5.74, 6) is 0.546. The van der Waals surface area contributed by atoms with Crippen LogP contribution in [0.2, 0.25) is 0 Å². The van der Waals surface area contributed by atoms with E-state index < -0.39 is 9.84 Å². The molecule has 2 rings (SSSR count). The van der Waals surface area contributed by atoms with Gasteiger partial charge in [-0.3, -0.25) is 4.79 Å². The molecule has 0 aliphatic carbocycles. The molecule has 0 radical (unpaired) electrons. The van der Waals surface area contributed by atoms with Gasteiger partial charge in [-0.15, -0.1) is 12.4 Å². The maximum absolute atomic E-state index is 12.0. The molecule has 1 fully saturated rings. The number of amides is 1. The highest BCUT2D eigenvalue weighted by Crippen LogP contribution is 2.13. The zero-order valence-electron chi connectivity index (χ0n) is 13.4. The van der Waals surface area contributed by atoms with Gasteiger partial charge in [0.05, 0.1) is 5.75 Å². The van der Waals surface area contributed by atoms with E-state index in [1.165, 1.54) is 19.1 Å². The van der Waals surface area contributed by atoms with Crippen LogP contribution in [-0.4, -0.2) is 40.2 Å². The molecular weight excluding hydrogens is 336 g/mol. The van der Waals surface area contributed by atoms with Crippen LogP contribution in [0.4, 0.5) is 0 Å². The van der Waals surface area contributed by atoms with Gasteiger partial charge in [0, 0.05) is 18.4 Å². The maximum atomic E-state index is 12.0. The summed E-state index contributed by atoms with van der Waals surface area (Å²) in [7, 11) is -3.04. The first-order valence-corrected chi connectivity index (χ1v) is 9.76. The van der Waals surface area contributed by atoms with Gasteiger partial charge in [0.1, 0.15) is 0 Å². The number of hydrogen-bond acceptors (Lipinski definition) is 4. The second-order valence-electron chi connectivity index (χ2n) is 6.02. The summed E-state index contributed by atoms with van der Waals surface area (Å²) in [5.41, 5.74) is 1.27. The van der Waals surface area contributed by atoms with Crippen LogP contribution in [0.1, 0.15) is 35.2 Å². The van der Waals surface area contributed by atoms with E-state index in [1.54, 1.807) is 24.3 Å². The Balaban J connectivity index is 0.00000264. The van der Waals surface area contributed by atoms with E-state index in [4.69, 9.17) is 0 Å².